The zero-order valence-corrected chi connectivity index (χ0v) is 10.1. The Morgan fingerprint density at radius 2 is 2.18 bits per heavy atom. The van der Waals surface area contributed by atoms with E-state index in [4.69, 9.17) is 20.9 Å². The van der Waals surface area contributed by atoms with Gasteiger partial charge in [0.15, 0.2) is 6.10 Å². The van der Waals surface area contributed by atoms with Crippen LogP contribution in [0.25, 0.3) is 0 Å². The van der Waals surface area contributed by atoms with E-state index in [1.54, 1.807) is 25.3 Å². The van der Waals surface area contributed by atoms with Crippen LogP contribution in [0.1, 0.15) is 18.9 Å². The van der Waals surface area contributed by atoms with Crippen molar-refractivity contribution in [2.75, 3.05) is 7.11 Å². The van der Waals surface area contributed by atoms with Gasteiger partial charge in [0.2, 0.25) is 0 Å². The first-order valence-electron chi connectivity index (χ1n) is 5.45. The molecule has 1 unspecified atom stereocenters. The summed E-state index contributed by atoms with van der Waals surface area (Å²) in [6.45, 7) is 2.14. The van der Waals surface area contributed by atoms with Gasteiger partial charge in [0.1, 0.15) is 11.5 Å². The van der Waals surface area contributed by atoms with Gasteiger partial charge in [0, 0.05) is 12.1 Å². The van der Waals surface area contributed by atoms with E-state index in [2.05, 4.69) is 0 Å². The smallest absolute Gasteiger partial charge is 0.258 e. The fourth-order valence-electron chi connectivity index (χ4n) is 1.45. The first-order chi connectivity index (χ1) is 8.12. The highest BCUT2D eigenvalue weighted by atomic mass is 16.5. The Balaban J connectivity index is 2.93. The molecule has 0 saturated carbocycles. The predicted octanol–water partition coefficient (Wildman–Crippen LogP) is 0.797. The summed E-state index contributed by atoms with van der Waals surface area (Å²) >= 11 is 0. The van der Waals surface area contributed by atoms with Crippen LogP contribution < -0.4 is 20.9 Å². The lowest BCUT2D eigenvalue weighted by molar-refractivity contribution is -0.124. The Kier molecular flexibility index (Phi) is 4.78. The molecule has 4 N–H and O–H groups in total. The number of primary amides is 1. The maximum Gasteiger partial charge on any atom is 0.258 e. The number of ether oxygens (including phenoxy) is 2. The molecule has 0 saturated heterocycles. The summed E-state index contributed by atoms with van der Waals surface area (Å²) in [6, 6.07) is 5.26. The van der Waals surface area contributed by atoms with Crippen LogP contribution in [0.15, 0.2) is 18.2 Å². The molecule has 1 amide bonds. The van der Waals surface area contributed by atoms with E-state index in [0.29, 0.717) is 24.5 Å². The van der Waals surface area contributed by atoms with E-state index < -0.39 is 12.0 Å². The summed E-state index contributed by atoms with van der Waals surface area (Å²) < 4.78 is 10.6. The number of carbonyl (C=O) groups is 1. The summed E-state index contributed by atoms with van der Waals surface area (Å²) in [5.41, 5.74) is 11.6. The van der Waals surface area contributed by atoms with E-state index in [0.717, 1.165) is 5.56 Å². The molecule has 0 aliphatic rings. The number of hydrogen-bond donors (Lipinski definition) is 2. The largest absolute Gasteiger partial charge is 0.497 e. The molecule has 0 bridgehead atoms. The van der Waals surface area contributed by atoms with Crippen LogP contribution in [0.5, 0.6) is 11.5 Å². The molecule has 17 heavy (non-hydrogen) atoms. The molecule has 0 radical (unpaired) electrons. The Bertz CT molecular complexity index is 393. The fourth-order valence-corrected chi connectivity index (χ4v) is 1.45. The van der Waals surface area contributed by atoms with Crippen LogP contribution in [0.3, 0.4) is 0 Å². The number of rotatable bonds is 6. The number of carbonyl (C=O) groups excluding carboxylic acids is 1. The minimum absolute atomic E-state index is 0.307. The first kappa shape index (κ1) is 13.3. The van der Waals surface area contributed by atoms with Crippen molar-refractivity contribution < 1.29 is 14.3 Å². The Labute approximate surface area is 101 Å². The normalized spacial score (nSPS) is 11.9. The summed E-state index contributed by atoms with van der Waals surface area (Å²) in [5.74, 6) is 0.787. The molecule has 0 heterocycles. The van der Waals surface area contributed by atoms with Crippen molar-refractivity contribution in [2.45, 2.75) is 26.0 Å². The van der Waals surface area contributed by atoms with E-state index >= 15 is 0 Å². The topological polar surface area (TPSA) is 87.6 Å². The third kappa shape index (κ3) is 3.35. The average Bonchev–Trinajstić information content (AvgIpc) is 2.35. The second-order valence-corrected chi connectivity index (χ2v) is 3.59. The molecule has 94 valence electrons. The van der Waals surface area contributed by atoms with E-state index in [1.807, 2.05) is 6.92 Å². The SMILES string of the molecule is CCC(Oc1ccc(OC)cc1CN)C(N)=O. The van der Waals surface area contributed by atoms with Crippen LogP contribution in [-0.2, 0) is 11.3 Å². The van der Waals surface area contributed by atoms with Crippen molar-refractivity contribution in [1.82, 2.24) is 0 Å². The molecule has 0 aromatic heterocycles. The quantitative estimate of drug-likeness (QED) is 0.767. The molecule has 0 spiro atoms. The minimum atomic E-state index is -0.631. The molecule has 0 aliphatic heterocycles. The van der Waals surface area contributed by atoms with Gasteiger partial charge in [0.05, 0.1) is 7.11 Å². The molecular weight excluding hydrogens is 220 g/mol. The van der Waals surface area contributed by atoms with Gasteiger partial charge in [-0.15, -0.1) is 0 Å². The standard InChI is InChI=1S/C12H18N2O3/c1-3-10(12(14)15)17-11-5-4-9(16-2)6-8(11)7-13/h4-6,10H,3,7,13H2,1-2H3,(H2,14,15). The van der Waals surface area contributed by atoms with E-state index in [9.17, 15) is 4.79 Å². The average molecular weight is 238 g/mol. The molecule has 1 aromatic carbocycles. The Morgan fingerprint density at radius 1 is 1.47 bits per heavy atom. The first-order valence-corrected chi connectivity index (χ1v) is 5.45. The number of benzene rings is 1. The number of hydrogen-bond acceptors (Lipinski definition) is 4. The minimum Gasteiger partial charge on any atom is -0.497 e. The van der Waals surface area contributed by atoms with Crippen molar-refractivity contribution in [1.29, 1.82) is 0 Å². The highest BCUT2D eigenvalue weighted by Gasteiger charge is 2.16. The van der Waals surface area contributed by atoms with Crippen LogP contribution in [0, 0.1) is 0 Å². The lowest BCUT2D eigenvalue weighted by atomic mass is 10.2. The lowest BCUT2D eigenvalue weighted by Gasteiger charge is -2.17. The van der Waals surface area contributed by atoms with E-state index in [1.165, 1.54) is 0 Å². The molecule has 5 heteroatoms. The molecular formula is C12H18N2O3. The van der Waals surface area contributed by atoms with Gasteiger partial charge in [-0.2, -0.15) is 0 Å². The maximum absolute atomic E-state index is 11.1. The van der Waals surface area contributed by atoms with Crippen LogP contribution >= 0.6 is 0 Å². The highest BCUT2D eigenvalue weighted by Crippen LogP contribution is 2.25. The summed E-state index contributed by atoms with van der Waals surface area (Å²) in [4.78, 5) is 11.1. The zero-order valence-electron chi connectivity index (χ0n) is 10.1. The van der Waals surface area contributed by atoms with Gasteiger partial charge in [-0.25, -0.2) is 0 Å². The van der Waals surface area contributed by atoms with Gasteiger partial charge in [-0.3, -0.25) is 4.79 Å². The molecule has 1 rings (SSSR count). The molecule has 1 aromatic rings. The van der Waals surface area contributed by atoms with Crippen LogP contribution in [-0.4, -0.2) is 19.1 Å². The number of methoxy groups -OCH3 is 1. The molecule has 5 nitrogen and oxygen atoms in total. The van der Waals surface area contributed by atoms with Crippen LogP contribution in [0.2, 0.25) is 0 Å². The van der Waals surface area contributed by atoms with Crippen molar-refractivity contribution in [3.05, 3.63) is 23.8 Å². The highest BCUT2D eigenvalue weighted by molar-refractivity contribution is 5.79. The fraction of sp³-hybridized carbons (Fsp3) is 0.417. The lowest BCUT2D eigenvalue weighted by Crippen LogP contribution is -2.33. The van der Waals surface area contributed by atoms with Crippen LogP contribution in [0.4, 0.5) is 0 Å². The molecule has 1 atom stereocenters. The van der Waals surface area contributed by atoms with Gasteiger partial charge in [0.25, 0.3) is 5.91 Å². The molecule has 0 aliphatic carbocycles. The number of amides is 1. The Morgan fingerprint density at radius 3 is 2.65 bits per heavy atom. The van der Waals surface area contributed by atoms with E-state index in [-0.39, 0.29) is 0 Å². The third-order valence-electron chi connectivity index (χ3n) is 2.44. The third-order valence-corrected chi connectivity index (χ3v) is 2.44. The van der Waals surface area contributed by atoms with Crippen molar-refractivity contribution in [3.63, 3.8) is 0 Å². The second kappa shape index (κ2) is 6.10. The molecule has 0 fully saturated rings. The second-order valence-electron chi connectivity index (χ2n) is 3.59. The Hall–Kier alpha value is -1.75. The predicted molar refractivity (Wildman–Crippen MR) is 64.8 cm³/mol. The van der Waals surface area contributed by atoms with Gasteiger partial charge in [-0.1, -0.05) is 6.92 Å². The maximum atomic E-state index is 11.1. The summed E-state index contributed by atoms with van der Waals surface area (Å²) in [6.07, 6.45) is -0.112. The summed E-state index contributed by atoms with van der Waals surface area (Å²) in [7, 11) is 1.58. The van der Waals surface area contributed by atoms with Gasteiger partial charge >= 0.3 is 0 Å². The van der Waals surface area contributed by atoms with Crippen molar-refractivity contribution in [3.8, 4) is 11.5 Å². The van der Waals surface area contributed by atoms with Gasteiger partial charge in [-0.05, 0) is 24.6 Å². The monoisotopic (exact) mass is 238 g/mol. The van der Waals surface area contributed by atoms with Crippen molar-refractivity contribution >= 4 is 5.91 Å². The van der Waals surface area contributed by atoms with Crippen molar-refractivity contribution in [2.24, 2.45) is 11.5 Å². The number of nitrogens with two attached hydrogens (primary N) is 2. The zero-order chi connectivity index (χ0) is 12.8. The van der Waals surface area contributed by atoms with Gasteiger partial charge < -0.3 is 20.9 Å². The summed E-state index contributed by atoms with van der Waals surface area (Å²) in [5, 5.41) is 0.